The summed E-state index contributed by atoms with van der Waals surface area (Å²) in [7, 11) is 2.08. The highest BCUT2D eigenvalue weighted by molar-refractivity contribution is 5.88. The lowest BCUT2D eigenvalue weighted by molar-refractivity contribution is 0.0103. The van der Waals surface area contributed by atoms with Crippen LogP contribution in [0, 0.1) is 12.3 Å². The van der Waals surface area contributed by atoms with E-state index in [-0.39, 0.29) is 17.3 Å². The molecule has 1 aliphatic heterocycles. The minimum Gasteiger partial charge on any atom is -0.456 e. The number of piperidine rings is 1. The smallest absolute Gasteiger partial charge is 0.374 e. The van der Waals surface area contributed by atoms with Crippen molar-refractivity contribution >= 4 is 5.97 Å². The zero-order valence-electron chi connectivity index (χ0n) is 14.5. The van der Waals surface area contributed by atoms with Gasteiger partial charge in [-0.1, -0.05) is 13.8 Å². The summed E-state index contributed by atoms with van der Waals surface area (Å²) < 4.78 is 11.5. The van der Waals surface area contributed by atoms with E-state index < -0.39 is 12.1 Å². The summed E-state index contributed by atoms with van der Waals surface area (Å²) in [5, 5.41) is 10.4. The third-order valence-corrected chi connectivity index (χ3v) is 5.11. The molecule has 1 saturated heterocycles. The van der Waals surface area contributed by atoms with Crippen molar-refractivity contribution in [2.75, 3.05) is 20.1 Å². The molecule has 2 aliphatic rings. The summed E-state index contributed by atoms with van der Waals surface area (Å²) in [5.41, 5.74) is 1.51. The monoisotopic (exact) mass is 321 g/mol. The second kappa shape index (κ2) is 5.95. The zero-order valence-corrected chi connectivity index (χ0v) is 14.5. The Morgan fingerprint density at radius 2 is 2.00 bits per heavy atom. The standard InChI is InChI=1S/C18H27NO4/c1-11-15-13(20)9-18(2,3)10-14(15)23-16(11)17(21)22-12-5-7-19(4)8-6-12/h12-13,20H,5-10H2,1-4H3. The van der Waals surface area contributed by atoms with Crippen molar-refractivity contribution in [2.45, 2.75) is 58.7 Å². The van der Waals surface area contributed by atoms with Gasteiger partial charge in [-0.3, -0.25) is 0 Å². The van der Waals surface area contributed by atoms with Crippen LogP contribution in [0.1, 0.15) is 66.7 Å². The first-order valence-electron chi connectivity index (χ1n) is 8.46. The Kier molecular flexibility index (Phi) is 4.27. The maximum atomic E-state index is 12.5. The Hall–Kier alpha value is -1.33. The summed E-state index contributed by atoms with van der Waals surface area (Å²) in [6.07, 6.45) is 2.53. The lowest BCUT2D eigenvalue weighted by atomic mass is 9.75. The van der Waals surface area contributed by atoms with E-state index in [4.69, 9.17) is 9.15 Å². The van der Waals surface area contributed by atoms with Crippen LogP contribution >= 0.6 is 0 Å². The molecule has 0 spiro atoms. The summed E-state index contributed by atoms with van der Waals surface area (Å²) in [4.78, 5) is 14.7. The number of aliphatic hydroxyl groups excluding tert-OH is 1. The van der Waals surface area contributed by atoms with E-state index in [0.29, 0.717) is 6.42 Å². The fraction of sp³-hybridized carbons (Fsp3) is 0.722. The van der Waals surface area contributed by atoms with Crippen LogP contribution < -0.4 is 0 Å². The number of carbonyl (C=O) groups excluding carboxylic acids is 1. The van der Waals surface area contributed by atoms with Crippen molar-refractivity contribution in [1.29, 1.82) is 0 Å². The van der Waals surface area contributed by atoms with Crippen molar-refractivity contribution in [2.24, 2.45) is 5.41 Å². The van der Waals surface area contributed by atoms with Gasteiger partial charge in [-0.05, 0) is 38.6 Å². The minimum absolute atomic E-state index is 0.0220. The third kappa shape index (κ3) is 3.31. The molecule has 1 N–H and O–H groups in total. The number of carbonyl (C=O) groups is 1. The normalized spacial score (nSPS) is 25.2. The van der Waals surface area contributed by atoms with Crippen molar-refractivity contribution in [3.05, 3.63) is 22.6 Å². The molecule has 0 saturated carbocycles. The third-order valence-electron chi connectivity index (χ3n) is 5.11. The van der Waals surface area contributed by atoms with Gasteiger partial charge in [0.1, 0.15) is 11.9 Å². The number of esters is 1. The van der Waals surface area contributed by atoms with Gasteiger partial charge in [0.05, 0.1) is 6.10 Å². The Bertz CT molecular complexity index is 596. The van der Waals surface area contributed by atoms with Crippen LogP contribution in [0.5, 0.6) is 0 Å². The summed E-state index contributed by atoms with van der Waals surface area (Å²) in [6, 6.07) is 0. The number of rotatable bonds is 2. The minimum atomic E-state index is -0.567. The first-order chi connectivity index (χ1) is 10.8. The number of hydrogen-bond donors (Lipinski definition) is 1. The molecule has 1 atom stereocenters. The Morgan fingerprint density at radius 1 is 1.35 bits per heavy atom. The van der Waals surface area contributed by atoms with Gasteiger partial charge in [0.15, 0.2) is 0 Å². The predicted molar refractivity (Wildman–Crippen MR) is 86.4 cm³/mol. The first-order valence-corrected chi connectivity index (χ1v) is 8.46. The highest BCUT2D eigenvalue weighted by atomic mass is 16.6. The highest BCUT2D eigenvalue weighted by Gasteiger charge is 2.37. The van der Waals surface area contributed by atoms with Gasteiger partial charge in [0.2, 0.25) is 5.76 Å². The van der Waals surface area contributed by atoms with Crippen LogP contribution in [0.15, 0.2) is 4.42 Å². The molecular formula is C18H27NO4. The number of hydrogen-bond acceptors (Lipinski definition) is 5. The SMILES string of the molecule is Cc1c(C(=O)OC2CCN(C)CC2)oc2c1C(O)CC(C)(C)C2. The molecule has 5 heteroatoms. The van der Waals surface area contributed by atoms with E-state index in [0.717, 1.165) is 49.2 Å². The quantitative estimate of drug-likeness (QED) is 0.849. The van der Waals surface area contributed by atoms with Crippen LogP contribution in [-0.2, 0) is 11.2 Å². The summed E-state index contributed by atoms with van der Waals surface area (Å²) in [6.45, 7) is 7.94. The van der Waals surface area contributed by atoms with Gasteiger partial charge >= 0.3 is 5.97 Å². The second-order valence-electron chi connectivity index (χ2n) is 7.86. The van der Waals surface area contributed by atoms with Crippen molar-refractivity contribution < 1.29 is 19.1 Å². The van der Waals surface area contributed by atoms with E-state index in [2.05, 4.69) is 25.8 Å². The maximum absolute atomic E-state index is 12.5. The van der Waals surface area contributed by atoms with Crippen molar-refractivity contribution in [3.8, 4) is 0 Å². The second-order valence-corrected chi connectivity index (χ2v) is 7.86. The lowest BCUT2D eigenvalue weighted by Gasteiger charge is -2.31. The molecule has 23 heavy (non-hydrogen) atoms. The van der Waals surface area contributed by atoms with Crippen molar-refractivity contribution in [1.82, 2.24) is 4.90 Å². The molecule has 3 rings (SSSR count). The molecule has 1 unspecified atom stereocenters. The van der Waals surface area contributed by atoms with Gasteiger partial charge < -0.3 is 19.2 Å². The molecule has 5 nitrogen and oxygen atoms in total. The molecular weight excluding hydrogens is 294 g/mol. The fourth-order valence-electron chi connectivity index (χ4n) is 3.79. The van der Waals surface area contributed by atoms with Gasteiger partial charge in [-0.15, -0.1) is 0 Å². The van der Waals surface area contributed by atoms with Crippen LogP contribution in [-0.4, -0.2) is 42.2 Å². The highest BCUT2D eigenvalue weighted by Crippen LogP contribution is 2.44. The molecule has 1 fully saturated rings. The molecule has 0 amide bonds. The largest absolute Gasteiger partial charge is 0.456 e. The number of aliphatic hydroxyl groups is 1. The van der Waals surface area contributed by atoms with Crippen LogP contribution in [0.3, 0.4) is 0 Å². The van der Waals surface area contributed by atoms with Gasteiger partial charge in [-0.2, -0.15) is 0 Å². The molecule has 0 bridgehead atoms. The van der Waals surface area contributed by atoms with E-state index in [9.17, 15) is 9.90 Å². The fourth-order valence-corrected chi connectivity index (χ4v) is 3.79. The Morgan fingerprint density at radius 3 is 2.65 bits per heavy atom. The van der Waals surface area contributed by atoms with E-state index >= 15 is 0 Å². The Balaban J connectivity index is 1.77. The number of likely N-dealkylation sites (tertiary alicyclic amines) is 1. The molecule has 0 radical (unpaired) electrons. The van der Waals surface area contributed by atoms with Crippen LogP contribution in [0.4, 0.5) is 0 Å². The summed E-state index contributed by atoms with van der Waals surface area (Å²) >= 11 is 0. The molecule has 0 aromatic carbocycles. The molecule has 1 aromatic rings. The average Bonchev–Trinajstić information content (AvgIpc) is 2.77. The average molecular weight is 321 g/mol. The van der Waals surface area contributed by atoms with E-state index in [1.54, 1.807) is 0 Å². The topological polar surface area (TPSA) is 62.9 Å². The molecule has 1 aromatic heterocycles. The molecule has 2 heterocycles. The van der Waals surface area contributed by atoms with Crippen LogP contribution in [0.25, 0.3) is 0 Å². The first kappa shape index (κ1) is 16.5. The van der Waals surface area contributed by atoms with E-state index in [1.165, 1.54) is 0 Å². The van der Waals surface area contributed by atoms with Crippen molar-refractivity contribution in [3.63, 3.8) is 0 Å². The summed E-state index contributed by atoms with van der Waals surface area (Å²) in [5.74, 6) is 0.615. The predicted octanol–water partition coefficient (Wildman–Crippen LogP) is 2.84. The number of furan rings is 1. The van der Waals surface area contributed by atoms with E-state index in [1.807, 2.05) is 6.92 Å². The molecule has 128 valence electrons. The van der Waals surface area contributed by atoms with Crippen LogP contribution in [0.2, 0.25) is 0 Å². The van der Waals surface area contributed by atoms with Gasteiger partial charge in [0.25, 0.3) is 0 Å². The zero-order chi connectivity index (χ0) is 16.8. The number of nitrogens with zero attached hydrogens (tertiary/aromatic N) is 1. The number of fused-ring (bicyclic) bond motifs is 1. The van der Waals surface area contributed by atoms with Gasteiger partial charge in [-0.25, -0.2) is 4.79 Å². The maximum Gasteiger partial charge on any atom is 0.374 e. The molecule has 1 aliphatic carbocycles. The van der Waals surface area contributed by atoms with Gasteiger partial charge in [0, 0.05) is 30.6 Å². The Labute approximate surface area is 137 Å². The number of ether oxygens (including phenoxy) is 1. The lowest BCUT2D eigenvalue weighted by Crippen LogP contribution is -2.35.